The Morgan fingerprint density at radius 1 is 1.07 bits per heavy atom. The number of rotatable bonds is 5. The zero-order chi connectivity index (χ0) is 18.9. The highest BCUT2D eigenvalue weighted by Crippen LogP contribution is 2.33. The maximum atomic E-state index is 12.6. The van der Waals surface area contributed by atoms with Crippen LogP contribution in [0.15, 0.2) is 29.2 Å². The first kappa shape index (κ1) is 18.9. The van der Waals surface area contributed by atoms with Gasteiger partial charge in [-0.2, -0.15) is 4.31 Å². The predicted octanol–water partition coefficient (Wildman–Crippen LogP) is 2.01. The van der Waals surface area contributed by atoms with E-state index in [2.05, 4.69) is 10.6 Å². The molecular weight excluding hydrogens is 362 g/mol. The Morgan fingerprint density at radius 2 is 1.78 bits per heavy atom. The molecule has 0 bridgehead atoms. The molecule has 0 radical (unpaired) electrons. The first-order chi connectivity index (χ1) is 13.0. The van der Waals surface area contributed by atoms with Gasteiger partial charge in [0.2, 0.25) is 15.9 Å². The number of fused-ring (bicyclic) bond motifs is 1. The van der Waals surface area contributed by atoms with Crippen LogP contribution >= 0.6 is 0 Å². The average molecular weight is 392 g/mol. The van der Waals surface area contributed by atoms with Crippen LogP contribution in [0.4, 0.5) is 0 Å². The molecule has 3 unspecified atom stereocenters. The van der Waals surface area contributed by atoms with E-state index >= 15 is 0 Å². The molecule has 3 atom stereocenters. The predicted molar refractivity (Wildman–Crippen MR) is 104 cm³/mol. The molecule has 1 amide bonds. The van der Waals surface area contributed by atoms with Crippen molar-refractivity contribution in [2.24, 2.45) is 5.92 Å². The largest absolute Gasteiger partial charge is 0.351 e. The van der Waals surface area contributed by atoms with E-state index in [1.165, 1.54) is 25.7 Å². The summed E-state index contributed by atoms with van der Waals surface area (Å²) in [5, 5.41) is 6.49. The standard InChI is InChI=1S/C20H29N3O3S/c24-20(19-13-16-5-1-2-6-18(16)22-19)21-14-15-7-9-17(10-8-15)27(25,26)23-11-3-4-12-23/h7-10,16,18-19,22H,1-6,11-14H2,(H,21,24). The molecule has 0 spiro atoms. The Kier molecular flexibility index (Phi) is 5.53. The highest BCUT2D eigenvalue weighted by molar-refractivity contribution is 7.89. The van der Waals surface area contributed by atoms with Crippen molar-refractivity contribution in [3.63, 3.8) is 0 Å². The molecule has 2 N–H and O–H groups in total. The number of carbonyl (C=O) groups is 1. The quantitative estimate of drug-likeness (QED) is 0.805. The lowest BCUT2D eigenvalue weighted by atomic mass is 9.85. The van der Waals surface area contributed by atoms with Crippen LogP contribution in [0.1, 0.15) is 50.5 Å². The zero-order valence-corrected chi connectivity index (χ0v) is 16.5. The van der Waals surface area contributed by atoms with E-state index in [0.29, 0.717) is 36.5 Å². The fourth-order valence-electron chi connectivity index (χ4n) is 4.69. The van der Waals surface area contributed by atoms with Gasteiger partial charge in [-0.3, -0.25) is 4.79 Å². The van der Waals surface area contributed by atoms with E-state index in [1.54, 1.807) is 28.6 Å². The molecule has 1 aliphatic carbocycles. The molecule has 3 fully saturated rings. The number of amides is 1. The molecule has 6 nitrogen and oxygen atoms in total. The van der Waals surface area contributed by atoms with Crippen molar-refractivity contribution in [2.75, 3.05) is 13.1 Å². The lowest BCUT2D eigenvalue weighted by Gasteiger charge is -2.24. The molecule has 2 aliphatic heterocycles. The molecule has 2 saturated heterocycles. The summed E-state index contributed by atoms with van der Waals surface area (Å²) >= 11 is 0. The van der Waals surface area contributed by atoms with Gasteiger partial charge in [0.25, 0.3) is 0 Å². The second-order valence-corrected chi connectivity index (χ2v) is 10.0. The second kappa shape index (κ2) is 7.89. The Morgan fingerprint density at radius 3 is 2.48 bits per heavy atom. The maximum Gasteiger partial charge on any atom is 0.243 e. The number of carbonyl (C=O) groups excluding carboxylic acids is 1. The molecule has 7 heteroatoms. The van der Waals surface area contributed by atoms with Crippen LogP contribution in [-0.4, -0.2) is 43.8 Å². The summed E-state index contributed by atoms with van der Waals surface area (Å²) < 4.78 is 26.7. The molecule has 3 aliphatic rings. The first-order valence-electron chi connectivity index (χ1n) is 10.2. The summed E-state index contributed by atoms with van der Waals surface area (Å²) in [6.07, 6.45) is 7.75. The lowest BCUT2D eigenvalue weighted by molar-refractivity contribution is -0.123. The first-order valence-corrected chi connectivity index (χ1v) is 11.6. The number of nitrogens with zero attached hydrogens (tertiary/aromatic N) is 1. The highest BCUT2D eigenvalue weighted by atomic mass is 32.2. The molecule has 1 aromatic carbocycles. The SMILES string of the molecule is O=C(NCc1ccc(S(=O)(=O)N2CCCC2)cc1)C1CC2CCCCC2N1. The molecular formula is C20H29N3O3S. The van der Waals surface area contributed by atoms with Crippen molar-refractivity contribution >= 4 is 15.9 Å². The van der Waals surface area contributed by atoms with E-state index in [4.69, 9.17) is 0 Å². The van der Waals surface area contributed by atoms with Crippen molar-refractivity contribution in [1.82, 2.24) is 14.9 Å². The van der Waals surface area contributed by atoms with Crippen molar-refractivity contribution in [1.29, 1.82) is 0 Å². The van der Waals surface area contributed by atoms with Gasteiger partial charge in [-0.25, -0.2) is 8.42 Å². The van der Waals surface area contributed by atoms with Gasteiger partial charge in [0.15, 0.2) is 0 Å². The Hall–Kier alpha value is -1.44. The van der Waals surface area contributed by atoms with E-state index in [0.717, 1.165) is 24.8 Å². The van der Waals surface area contributed by atoms with Crippen LogP contribution in [0.25, 0.3) is 0 Å². The van der Waals surface area contributed by atoms with Crippen LogP contribution in [-0.2, 0) is 21.4 Å². The molecule has 0 aromatic heterocycles. The van der Waals surface area contributed by atoms with Gasteiger partial charge in [-0.15, -0.1) is 0 Å². The Balaban J connectivity index is 1.32. The van der Waals surface area contributed by atoms with Crippen molar-refractivity contribution < 1.29 is 13.2 Å². The fraction of sp³-hybridized carbons (Fsp3) is 0.650. The number of hydrogen-bond acceptors (Lipinski definition) is 4. The van der Waals surface area contributed by atoms with Crippen molar-refractivity contribution in [2.45, 2.75) is 68.5 Å². The lowest BCUT2D eigenvalue weighted by Crippen LogP contribution is -2.42. The summed E-state index contributed by atoms with van der Waals surface area (Å²) in [4.78, 5) is 12.8. The third kappa shape index (κ3) is 4.05. The molecule has 2 heterocycles. The van der Waals surface area contributed by atoms with Crippen LogP contribution in [0.3, 0.4) is 0 Å². The molecule has 4 rings (SSSR count). The minimum absolute atomic E-state index is 0.0539. The molecule has 1 aromatic rings. The van der Waals surface area contributed by atoms with Gasteiger partial charge in [0.05, 0.1) is 10.9 Å². The van der Waals surface area contributed by atoms with Crippen molar-refractivity contribution in [3.8, 4) is 0 Å². The third-order valence-corrected chi connectivity index (χ3v) is 8.19. The fourth-order valence-corrected chi connectivity index (χ4v) is 6.21. The summed E-state index contributed by atoms with van der Waals surface area (Å²) in [6, 6.07) is 7.31. The van der Waals surface area contributed by atoms with Gasteiger partial charge in [0, 0.05) is 25.7 Å². The summed E-state index contributed by atoms with van der Waals surface area (Å²) in [7, 11) is -3.38. The number of benzene rings is 1. The maximum absolute atomic E-state index is 12.6. The number of sulfonamides is 1. The van der Waals surface area contributed by atoms with E-state index in [-0.39, 0.29) is 11.9 Å². The van der Waals surface area contributed by atoms with Crippen LogP contribution in [0.2, 0.25) is 0 Å². The topological polar surface area (TPSA) is 78.5 Å². The number of nitrogens with one attached hydrogen (secondary N) is 2. The van der Waals surface area contributed by atoms with Gasteiger partial charge in [0.1, 0.15) is 0 Å². The van der Waals surface area contributed by atoms with Crippen molar-refractivity contribution in [3.05, 3.63) is 29.8 Å². The minimum atomic E-state index is -3.38. The molecule has 1 saturated carbocycles. The van der Waals surface area contributed by atoms with Crippen LogP contribution < -0.4 is 10.6 Å². The summed E-state index contributed by atoms with van der Waals surface area (Å²) in [5.41, 5.74) is 0.916. The Labute approximate surface area is 161 Å². The second-order valence-electron chi connectivity index (χ2n) is 8.08. The summed E-state index contributed by atoms with van der Waals surface area (Å²) in [6.45, 7) is 1.64. The third-order valence-electron chi connectivity index (χ3n) is 6.27. The minimum Gasteiger partial charge on any atom is -0.351 e. The van der Waals surface area contributed by atoms with E-state index in [9.17, 15) is 13.2 Å². The van der Waals surface area contributed by atoms with Crippen LogP contribution in [0, 0.1) is 5.92 Å². The normalized spacial score (nSPS) is 28.8. The smallest absolute Gasteiger partial charge is 0.243 e. The average Bonchev–Trinajstić information content (AvgIpc) is 3.36. The molecule has 148 valence electrons. The monoisotopic (exact) mass is 391 g/mol. The van der Waals surface area contributed by atoms with Gasteiger partial charge in [-0.05, 0) is 55.7 Å². The number of hydrogen-bond donors (Lipinski definition) is 2. The van der Waals surface area contributed by atoms with Gasteiger partial charge >= 0.3 is 0 Å². The van der Waals surface area contributed by atoms with Gasteiger partial charge in [-0.1, -0.05) is 25.0 Å². The van der Waals surface area contributed by atoms with Crippen LogP contribution in [0.5, 0.6) is 0 Å². The zero-order valence-electron chi connectivity index (χ0n) is 15.7. The van der Waals surface area contributed by atoms with E-state index < -0.39 is 10.0 Å². The summed E-state index contributed by atoms with van der Waals surface area (Å²) in [5.74, 6) is 0.697. The molecule has 27 heavy (non-hydrogen) atoms. The Bertz CT molecular complexity index is 758. The van der Waals surface area contributed by atoms with E-state index in [1.807, 2.05) is 0 Å². The highest BCUT2D eigenvalue weighted by Gasteiger charge is 2.38. The van der Waals surface area contributed by atoms with Gasteiger partial charge < -0.3 is 10.6 Å².